The molecule has 102 valence electrons. The number of aliphatic hydroxyl groups excluding tert-OH is 2. The van der Waals surface area contributed by atoms with Crippen LogP contribution in [-0.4, -0.2) is 45.3 Å². The van der Waals surface area contributed by atoms with Gasteiger partial charge in [0, 0.05) is 23.7 Å². The minimum Gasteiger partial charge on any atom is -0.394 e. The Morgan fingerprint density at radius 1 is 1.63 bits per heavy atom. The molecule has 0 saturated carbocycles. The zero-order chi connectivity index (χ0) is 13.8. The molecule has 4 N–H and O–H groups in total. The highest BCUT2D eigenvalue weighted by Gasteiger charge is 2.12. The van der Waals surface area contributed by atoms with Crippen LogP contribution in [0.5, 0.6) is 0 Å². The third-order valence-electron chi connectivity index (χ3n) is 2.55. The molecule has 7 heteroatoms. The van der Waals surface area contributed by atoms with Crippen molar-refractivity contribution in [2.75, 3.05) is 13.2 Å². The molecule has 0 aromatic carbocycles. The van der Waals surface area contributed by atoms with Crippen LogP contribution in [-0.2, 0) is 0 Å². The summed E-state index contributed by atoms with van der Waals surface area (Å²) in [6.07, 6.45) is 0.769. The van der Waals surface area contributed by atoms with Gasteiger partial charge in [-0.3, -0.25) is 4.79 Å². The summed E-state index contributed by atoms with van der Waals surface area (Å²) >= 11 is 1.55. The Balaban J connectivity index is 2.02. The summed E-state index contributed by atoms with van der Waals surface area (Å²) in [6.45, 7) is 1.55. The molecule has 2 heterocycles. The second-order valence-electron chi connectivity index (χ2n) is 4.10. The van der Waals surface area contributed by atoms with Gasteiger partial charge in [0.15, 0.2) is 0 Å². The van der Waals surface area contributed by atoms with Gasteiger partial charge in [0.1, 0.15) is 5.69 Å². The summed E-state index contributed by atoms with van der Waals surface area (Å²) in [4.78, 5) is 19.0. The van der Waals surface area contributed by atoms with E-state index in [2.05, 4.69) is 15.3 Å². The summed E-state index contributed by atoms with van der Waals surface area (Å²) in [7, 11) is 0. The molecule has 6 nitrogen and oxygen atoms in total. The number of aryl methyl sites for hydroxylation is 1. The van der Waals surface area contributed by atoms with E-state index >= 15 is 0 Å². The molecule has 0 fully saturated rings. The van der Waals surface area contributed by atoms with E-state index < -0.39 is 6.10 Å². The molecule has 1 atom stereocenters. The molecule has 1 unspecified atom stereocenters. The maximum absolute atomic E-state index is 11.8. The maximum atomic E-state index is 11.8. The van der Waals surface area contributed by atoms with Crippen LogP contribution in [0, 0.1) is 6.92 Å². The number of amides is 1. The van der Waals surface area contributed by atoms with Crippen molar-refractivity contribution in [3.05, 3.63) is 28.3 Å². The minimum absolute atomic E-state index is 0.0134. The van der Waals surface area contributed by atoms with Crippen molar-refractivity contribution in [3.8, 4) is 11.3 Å². The Bertz CT molecular complexity index is 564. The topological polar surface area (TPSA) is 98.2 Å². The molecular formula is C12H15N3O3S. The largest absolute Gasteiger partial charge is 0.394 e. The van der Waals surface area contributed by atoms with Gasteiger partial charge in [-0.25, -0.2) is 4.98 Å². The standard InChI is InChI=1S/C12H15N3O3S/c1-7-15-11(6-19-7)8-2-10(13-3-8)12(18)14-4-9(17)5-16/h2-3,6,9,13,16-17H,4-5H2,1H3,(H,14,18). The lowest BCUT2D eigenvalue weighted by Crippen LogP contribution is -2.34. The molecule has 2 rings (SSSR count). The molecule has 0 aliphatic heterocycles. The highest BCUT2D eigenvalue weighted by atomic mass is 32.1. The lowest BCUT2D eigenvalue weighted by Gasteiger charge is -2.07. The van der Waals surface area contributed by atoms with Gasteiger partial charge in [-0.15, -0.1) is 11.3 Å². The van der Waals surface area contributed by atoms with Gasteiger partial charge in [0.05, 0.1) is 23.4 Å². The molecule has 0 spiro atoms. The minimum atomic E-state index is -0.945. The zero-order valence-electron chi connectivity index (χ0n) is 10.4. The Morgan fingerprint density at radius 3 is 3.05 bits per heavy atom. The summed E-state index contributed by atoms with van der Waals surface area (Å²) in [5.41, 5.74) is 2.07. The highest BCUT2D eigenvalue weighted by Crippen LogP contribution is 2.22. The molecule has 19 heavy (non-hydrogen) atoms. The number of thiazole rings is 1. The molecule has 0 aliphatic rings. The van der Waals surface area contributed by atoms with Crippen LogP contribution in [0.2, 0.25) is 0 Å². The number of nitrogens with zero attached hydrogens (tertiary/aromatic N) is 1. The summed E-state index contributed by atoms with van der Waals surface area (Å²) in [5, 5.41) is 23.2. The SMILES string of the molecule is Cc1nc(-c2c[nH]c(C(=O)NCC(O)CO)c2)cs1. The fourth-order valence-electron chi connectivity index (χ4n) is 1.54. The highest BCUT2D eigenvalue weighted by molar-refractivity contribution is 7.09. The van der Waals surface area contributed by atoms with E-state index in [0.29, 0.717) is 5.69 Å². The lowest BCUT2D eigenvalue weighted by atomic mass is 10.2. The van der Waals surface area contributed by atoms with Crippen LogP contribution in [0.15, 0.2) is 17.6 Å². The van der Waals surface area contributed by atoms with Gasteiger partial charge in [-0.2, -0.15) is 0 Å². The molecule has 0 radical (unpaired) electrons. The van der Waals surface area contributed by atoms with Gasteiger partial charge in [0.2, 0.25) is 0 Å². The van der Waals surface area contributed by atoms with E-state index in [1.807, 2.05) is 12.3 Å². The predicted octanol–water partition coefficient (Wildman–Crippen LogP) is 0.530. The molecule has 0 aliphatic carbocycles. The smallest absolute Gasteiger partial charge is 0.267 e. The monoisotopic (exact) mass is 281 g/mol. The Kier molecular flexibility index (Phi) is 4.31. The summed E-state index contributed by atoms with van der Waals surface area (Å²) in [6, 6.07) is 1.70. The first-order valence-corrected chi connectivity index (χ1v) is 6.66. The second-order valence-corrected chi connectivity index (χ2v) is 5.16. The van der Waals surface area contributed by atoms with E-state index in [1.165, 1.54) is 0 Å². The Morgan fingerprint density at radius 2 is 2.42 bits per heavy atom. The summed E-state index contributed by atoms with van der Waals surface area (Å²) < 4.78 is 0. The van der Waals surface area contributed by atoms with Crippen molar-refractivity contribution in [2.45, 2.75) is 13.0 Å². The van der Waals surface area contributed by atoms with Crippen molar-refractivity contribution in [2.24, 2.45) is 0 Å². The number of hydrogen-bond acceptors (Lipinski definition) is 5. The van der Waals surface area contributed by atoms with Crippen LogP contribution < -0.4 is 5.32 Å². The third-order valence-corrected chi connectivity index (χ3v) is 3.32. The second kappa shape index (κ2) is 5.96. The quantitative estimate of drug-likeness (QED) is 0.642. The van der Waals surface area contributed by atoms with E-state index in [4.69, 9.17) is 10.2 Å². The molecule has 1 amide bonds. The van der Waals surface area contributed by atoms with Crippen molar-refractivity contribution < 1.29 is 15.0 Å². The van der Waals surface area contributed by atoms with Gasteiger partial charge in [-0.1, -0.05) is 0 Å². The van der Waals surface area contributed by atoms with E-state index in [1.54, 1.807) is 23.6 Å². The van der Waals surface area contributed by atoms with Crippen LogP contribution in [0.1, 0.15) is 15.5 Å². The van der Waals surface area contributed by atoms with Crippen LogP contribution in [0.3, 0.4) is 0 Å². The molecule has 0 saturated heterocycles. The molecular weight excluding hydrogens is 266 g/mol. The average Bonchev–Trinajstić information content (AvgIpc) is 3.03. The number of nitrogens with one attached hydrogen (secondary N) is 2. The third kappa shape index (κ3) is 3.40. The van der Waals surface area contributed by atoms with Gasteiger partial charge in [-0.05, 0) is 13.0 Å². The number of H-pyrrole nitrogens is 1. The van der Waals surface area contributed by atoms with Crippen molar-refractivity contribution in [1.82, 2.24) is 15.3 Å². The average molecular weight is 281 g/mol. The predicted molar refractivity (Wildman–Crippen MR) is 72.1 cm³/mol. The normalized spacial score (nSPS) is 12.4. The number of carbonyl (C=O) groups is 1. The van der Waals surface area contributed by atoms with Crippen LogP contribution in [0.4, 0.5) is 0 Å². The van der Waals surface area contributed by atoms with Crippen molar-refractivity contribution >= 4 is 17.2 Å². The van der Waals surface area contributed by atoms with Crippen LogP contribution >= 0.6 is 11.3 Å². The Hall–Kier alpha value is -1.70. The van der Waals surface area contributed by atoms with Gasteiger partial charge >= 0.3 is 0 Å². The first-order chi connectivity index (χ1) is 9.10. The van der Waals surface area contributed by atoms with E-state index in [9.17, 15) is 4.79 Å². The number of carbonyl (C=O) groups excluding carboxylic acids is 1. The molecule has 2 aromatic rings. The number of aromatic amines is 1. The molecule has 0 bridgehead atoms. The number of aliphatic hydroxyl groups is 2. The number of aromatic nitrogens is 2. The zero-order valence-corrected chi connectivity index (χ0v) is 11.2. The summed E-state index contributed by atoms with van der Waals surface area (Å²) in [5.74, 6) is -0.328. The van der Waals surface area contributed by atoms with E-state index in [-0.39, 0.29) is 19.1 Å². The number of hydrogen-bond donors (Lipinski definition) is 4. The van der Waals surface area contributed by atoms with Crippen molar-refractivity contribution in [1.29, 1.82) is 0 Å². The first-order valence-electron chi connectivity index (χ1n) is 5.78. The first kappa shape index (κ1) is 13.7. The van der Waals surface area contributed by atoms with E-state index in [0.717, 1.165) is 16.3 Å². The fourth-order valence-corrected chi connectivity index (χ4v) is 2.16. The van der Waals surface area contributed by atoms with Gasteiger partial charge < -0.3 is 20.5 Å². The lowest BCUT2D eigenvalue weighted by molar-refractivity contribution is 0.0799. The molecule has 2 aromatic heterocycles. The number of rotatable bonds is 5. The van der Waals surface area contributed by atoms with Crippen LogP contribution in [0.25, 0.3) is 11.3 Å². The maximum Gasteiger partial charge on any atom is 0.267 e. The Labute approximate surface area is 114 Å². The fraction of sp³-hybridized carbons (Fsp3) is 0.333. The van der Waals surface area contributed by atoms with Gasteiger partial charge in [0.25, 0.3) is 5.91 Å². The van der Waals surface area contributed by atoms with Crippen molar-refractivity contribution in [3.63, 3.8) is 0 Å².